The van der Waals surface area contributed by atoms with E-state index in [4.69, 9.17) is 4.74 Å². The molecule has 114 valence electrons. The van der Waals surface area contributed by atoms with Crippen LogP contribution in [0.15, 0.2) is 24.3 Å². The molecule has 1 rings (SSSR count). The highest BCUT2D eigenvalue weighted by Crippen LogP contribution is 2.24. The van der Waals surface area contributed by atoms with E-state index in [0.717, 1.165) is 18.9 Å². The van der Waals surface area contributed by atoms with E-state index in [9.17, 15) is 0 Å². The van der Waals surface area contributed by atoms with Crippen molar-refractivity contribution < 1.29 is 4.74 Å². The summed E-state index contributed by atoms with van der Waals surface area (Å²) in [6.45, 7) is 17.3. The zero-order valence-corrected chi connectivity index (χ0v) is 14.2. The minimum atomic E-state index is 0.199. The summed E-state index contributed by atoms with van der Waals surface area (Å²) < 4.78 is 5.86. The highest BCUT2D eigenvalue weighted by Gasteiger charge is 2.14. The first-order valence-corrected chi connectivity index (χ1v) is 7.71. The first-order chi connectivity index (χ1) is 9.21. The topological polar surface area (TPSA) is 12.5 Å². The second-order valence-corrected chi connectivity index (χ2v) is 7.05. The lowest BCUT2D eigenvalue weighted by Crippen LogP contribution is -2.39. The van der Waals surface area contributed by atoms with Gasteiger partial charge >= 0.3 is 0 Å². The average molecular weight is 277 g/mol. The van der Waals surface area contributed by atoms with E-state index in [2.05, 4.69) is 77.6 Å². The van der Waals surface area contributed by atoms with Crippen LogP contribution in [0.1, 0.15) is 54.0 Å². The standard InChI is InChI=1S/C18H31NO/c1-14(2)19(15(3)4)12-13-20-17-10-8-16(9-11-17)18(5,6)7/h8-11,14-15H,12-13H2,1-7H3. The summed E-state index contributed by atoms with van der Waals surface area (Å²) in [7, 11) is 0. The molecule has 0 radical (unpaired) electrons. The second-order valence-electron chi connectivity index (χ2n) is 7.05. The molecule has 0 saturated carbocycles. The maximum Gasteiger partial charge on any atom is 0.119 e. The van der Waals surface area contributed by atoms with E-state index in [-0.39, 0.29) is 5.41 Å². The molecule has 0 heterocycles. The molecule has 0 amide bonds. The van der Waals surface area contributed by atoms with Gasteiger partial charge in [-0.25, -0.2) is 0 Å². The van der Waals surface area contributed by atoms with Gasteiger partial charge in [-0.2, -0.15) is 0 Å². The number of rotatable bonds is 6. The summed E-state index contributed by atoms with van der Waals surface area (Å²) in [4.78, 5) is 2.45. The predicted octanol–water partition coefficient (Wildman–Crippen LogP) is 4.48. The van der Waals surface area contributed by atoms with E-state index in [0.29, 0.717) is 12.1 Å². The Kier molecular flexibility index (Phi) is 6.07. The number of hydrogen-bond donors (Lipinski definition) is 0. The van der Waals surface area contributed by atoms with Crippen LogP contribution in [-0.2, 0) is 5.41 Å². The van der Waals surface area contributed by atoms with Gasteiger partial charge < -0.3 is 4.74 Å². The SMILES string of the molecule is CC(C)N(CCOc1ccc(C(C)(C)C)cc1)C(C)C. The molecule has 0 aromatic heterocycles. The Hall–Kier alpha value is -1.02. The van der Waals surface area contributed by atoms with Crippen molar-refractivity contribution in [1.82, 2.24) is 4.90 Å². The molecule has 1 aromatic carbocycles. The van der Waals surface area contributed by atoms with Gasteiger partial charge in [0, 0.05) is 18.6 Å². The maximum absolute atomic E-state index is 5.86. The van der Waals surface area contributed by atoms with Crippen LogP contribution in [0, 0.1) is 0 Å². The van der Waals surface area contributed by atoms with Gasteiger partial charge in [0.2, 0.25) is 0 Å². The lowest BCUT2D eigenvalue weighted by molar-refractivity contribution is 0.142. The quantitative estimate of drug-likeness (QED) is 0.760. The van der Waals surface area contributed by atoms with Crippen LogP contribution in [0.5, 0.6) is 5.75 Å². The molecule has 1 aromatic rings. The van der Waals surface area contributed by atoms with Crippen LogP contribution in [0.25, 0.3) is 0 Å². The third-order valence-corrected chi connectivity index (χ3v) is 3.67. The van der Waals surface area contributed by atoms with Gasteiger partial charge in [0.1, 0.15) is 12.4 Å². The van der Waals surface area contributed by atoms with Gasteiger partial charge in [-0.15, -0.1) is 0 Å². The Morgan fingerprint density at radius 3 is 1.85 bits per heavy atom. The summed E-state index contributed by atoms with van der Waals surface area (Å²) >= 11 is 0. The predicted molar refractivity (Wildman–Crippen MR) is 87.6 cm³/mol. The van der Waals surface area contributed by atoms with Crippen LogP contribution in [-0.4, -0.2) is 30.1 Å². The molecule has 20 heavy (non-hydrogen) atoms. The fourth-order valence-corrected chi connectivity index (χ4v) is 2.43. The summed E-state index contributed by atoms with van der Waals surface area (Å²) in [5, 5.41) is 0. The molecule has 2 nitrogen and oxygen atoms in total. The Morgan fingerprint density at radius 1 is 0.950 bits per heavy atom. The van der Waals surface area contributed by atoms with Gasteiger partial charge in [-0.05, 0) is 50.8 Å². The molecule has 0 aliphatic rings. The molecule has 0 bridgehead atoms. The van der Waals surface area contributed by atoms with Gasteiger partial charge in [-0.3, -0.25) is 4.90 Å². The largest absolute Gasteiger partial charge is 0.492 e. The summed E-state index contributed by atoms with van der Waals surface area (Å²) in [5.74, 6) is 0.963. The summed E-state index contributed by atoms with van der Waals surface area (Å²) in [6.07, 6.45) is 0. The molecule has 0 N–H and O–H groups in total. The normalized spacial score (nSPS) is 12.5. The van der Waals surface area contributed by atoms with Crippen LogP contribution >= 0.6 is 0 Å². The third kappa shape index (κ3) is 5.16. The van der Waals surface area contributed by atoms with Crippen molar-refractivity contribution in [1.29, 1.82) is 0 Å². The molecule has 0 unspecified atom stereocenters. The Morgan fingerprint density at radius 2 is 1.45 bits per heavy atom. The number of ether oxygens (including phenoxy) is 1. The van der Waals surface area contributed by atoms with Crippen molar-refractivity contribution in [2.45, 2.75) is 66.0 Å². The van der Waals surface area contributed by atoms with Crippen LogP contribution < -0.4 is 4.74 Å². The smallest absolute Gasteiger partial charge is 0.119 e. The Balaban J connectivity index is 2.50. The van der Waals surface area contributed by atoms with E-state index in [1.807, 2.05) is 0 Å². The van der Waals surface area contributed by atoms with E-state index >= 15 is 0 Å². The van der Waals surface area contributed by atoms with Crippen LogP contribution in [0.4, 0.5) is 0 Å². The lowest BCUT2D eigenvalue weighted by atomic mass is 9.87. The van der Waals surface area contributed by atoms with Crippen molar-refractivity contribution in [3.8, 4) is 5.75 Å². The van der Waals surface area contributed by atoms with Gasteiger partial charge in [0.15, 0.2) is 0 Å². The highest BCUT2D eigenvalue weighted by atomic mass is 16.5. The number of nitrogens with zero attached hydrogens (tertiary/aromatic N) is 1. The highest BCUT2D eigenvalue weighted by molar-refractivity contribution is 5.31. The van der Waals surface area contributed by atoms with Crippen molar-refractivity contribution in [3.63, 3.8) is 0 Å². The Bertz CT molecular complexity index is 379. The lowest BCUT2D eigenvalue weighted by Gasteiger charge is -2.30. The van der Waals surface area contributed by atoms with Crippen molar-refractivity contribution in [2.24, 2.45) is 0 Å². The monoisotopic (exact) mass is 277 g/mol. The van der Waals surface area contributed by atoms with Crippen molar-refractivity contribution in [2.75, 3.05) is 13.2 Å². The molecule has 0 aliphatic carbocycles. The molecule has 0 fully saturated rings. The first-order valence-electron chi connectivity index (χ1n) is 7.71. The molecule has 0 aliphatic heterocycles. The Labute approximate surface area is 125 Å². The number of benzene rings is 1. The summed E-state index contributed by atoms with van der Waals surface area (Å²) in [5.41, 5.74) is 1.54. The first kappa shape index (κ1) is 17.0. The van der Waals surface area contributed by atoms with Crippen molar-refractivity contribution in [3.05, 3.63) is 29.8 Å². The average Bonchev–Trinajstić information content (AvgIpc) is 2.33. The third-order valence-electron chi connectivity index (χ3n) is 3.67. The second kappa shape index (κ2) is 7.12. The molecule has 0 spiro atoms. The van der Waals surface area contributed by atoms with E-state index in [1.54, 1.807) is 0 Å². The van der Waals surface area contributed by atoms with Crippen molar-refractivity contribution >= 4 is 0 Å². The fraction of sp³-hybridized carbons (Fsp3) is 0.667. The zero-order valence-electron chi connectivity index (χ0n) is 14.2. The van der Waals surface area contributed by atoms with Crippen LogP contribution in [0.3, 0.4) is 0 Å². The molecular formula is C18H31NO. The molecule has 2 heteroatoms. The van der Waals surface area contributed by atoms with Gasteiger partial charge in [0.05, 0.1) is 0 Å². The number of hydrogen-bond acceptors (Lipinski definition) is 2. The zero-order chi connectivity index (χ0) is 15.3. The molecule has 0 saturated heterocycles. The van der Waals surface area contributed by atoms with Gasteiger partial charge in [-0.1, -0.05) is 32.9 Å². The fourth-order valence-electron chi connectivity index (χ4n) is 2.43. The van der Waals surface area contributed by atoms with Gasteiger partial charge in [0.25, 0.3) is 0 Å². The van der Waals surface area contributed by atoms with Crippen LogP contribution in [0.2, 0.25) is 0 Å². The maximum atomic E-state index is 5.86. The minimum Gasteiger partial charge on any atom is -0.492 e. The van der Waals surface area contributed by atoms with E-state index in [1.165, 1.54) is 5.56 Å². The molecule has 0 atom stereocenters. The molecular weight excluding hydrogens is 246 g/mol. The minimum absolute atomic E-state index is 0.199. The van der Waals surface area contributed by atoms with E-state index < -0.39 is 0 Å². The summed E-state index contributed by atoms with van der Waals surface area (Å²) in [6, 6.07) is 9.60.